The van der Waals surface area contributed by atoms with Gasteiger partial charge in [0.25, 0.3) is 7.37 Å². The molecule has 4 aromatic rings. The molecule has 1 unspecified atom stereocenters. The van der Waals surface area contributed by atoms with Crippen LogP contribution in [-0.2, 0) is 27.2 Å². The molecule has 0 saturated heterocycles. The van der Waals surface area contributed by atoms with Crippen LogP contribution in [0.25, 0.3) is 11.2 Å². The van der Waals surface area contributed by atoms with Crippen molar-refractivity contribution in [2.45, 2.75) is 47.0 Å². The first kappa shape index (κ1) is 27.8. The van der Waals surface area contributed by atoms with E-state index in [-0.39, 0.29) is 12.5 Å². The van der Waals surface area contributed by atoms with Crippen LogP contribution >= 0.6 is 7.37 Å². The Labute approximate surface area is 223 Å². The minimum absolute atomic E-state index is 0.0337. The molecule has 202 valence electrons. The number of rotatable bonds is 13. The van der Waals surface area contributed by atoms with Gasteiger partial charge in [0, 0.05) is 6.16 Å². The van der Waals surface area contributed by atoms with Crippen LogP contribution < -0.4 is 10.3 Å². The maximum atomic E-state index is 14.2. The molecule has 0 aliphatic heterocycles. The van der Waals surface area contributed by atoms with Gasteiger partial charge in [-0.1, -0.05) is 56.3 Å². The number of nitrogens with zero attached hydrogens (tertiary/aromatic N) is 4. The molecule has 0 fully saturated rings. The van der Waals surface area contributed by atoms with E-state index >= 15 is 0 Å². The van der Waals surface area contributed by atoms with E-state index in [1.807, 2.05) is 55.7 Å². The van der Waals surface area contributed by atoms with Gasteiger partial charge < -0.3 is 24.3 Å². The van der Waals surface area contributed by atoms with Crippen LogP contribution in [0.15, 0.2) is 67.3 Å². The molecule has 2 aromatic heterocycles. The van der Waals surface area contributed by atoms with Crippen molar-refractivity contribution in [3.63, 3.8) is 0 Å². The molecule has 0 saturated carbocycles. The van der Waals surface area contributed by atoms with Gasteiger partial charge in [0.2, 0.25) is 0 Å². The van der Waals surface area contributed by atoms with Gasteiger partial charge in [0.15, 0.2) is 11.5 Å². The number of imidazole rings is 1. The standard InChI is InChI=1S/C28H36N5O4P/c1-21-10-8-9-11-23(21)15-35-16-28(3,4)17-38(34,37-24-12-6-5-7-13-24)20-36-22(2)14-33-19-32-25-26(29)30-18-31-27(25)33/h5-13,18-19,22H,14-17,20H2,1-4H3,(H2,29,30,31)/t22-,38?/m1/s1. The summed E-state index contributed by atoms with van der Waals surface area (Å²) in [5, 5.41) is 0. The zero-order chi connectivity index (χ0) is 27.2. The Morgan fingerprint density at radius 1 is 1.05 bits per heavy atom. The lowest BCUT2D eigenvalue weighted by Crippen LogP contribution is -2.27. The van der Waals surface area contributed by atoms with Crippen LogP contribution in [-0.4, -0.2) is 44.7 Å². The summed E-state index contributed by atoms with van der Waals surface area (Å²) in [5.41, 5.74) is 9.00. The molecular formula is C28H36N5O4P. The molecule has 0 aliphatic rings. The van der Waals surface area contributed by atoms with Gasteiger partial charge in [-0.2, -0.15) is 0 Å². The molecule has 4 rings (SSSR count). The number of nitrogens with two attached hydrogens (primary N) is 1. The summed E-state index contributed by atoms with van der Waals surface area (Å²) in [6.45, 7) is 9.45. The third-order valence-corrected chi connectivity index (χ3v) is 8.56. The first-order valence-electron chi connectivity index (χ1n) is 12.6. The third-order valence-electron chi connectivity index (χ3n) is 6.13. The first-order valence-corrected chi connectivity index (χ1v) is 14.6. The monoisotopic (exact) mass is 537 g/mol. The van der Waals surface area contributed by atoms with Crippen LogP contribution in [0.3, 0.4) is 0 Å². The summed E-state index contributed by atoms with van der Waals surface area (Å²) < 4.78 is 34.3. The zero-order valence-electron chi connectivity index (χ0n) is 22.4. The largest absolute Gasteiger partial charge is 0.441 e. The van der Waals surface area contributed by atoms with Crippen molar-refractivity contribution >= 4 is 24.4 Å². The quantitative estimate of drug-likeness (QED) is 0.217. The maximum Gasteiger partial charge on any atom is 0.273 e. The van der Waals surface area contributed by atoms with Gasteiger partial charge >= 0.3 is 0 Å². The fraction of sp³-hybridized carbons (Fsp3) is 0.393. The van der Waals surface area contributed by atoms with Crippen LogP contribution in [0.4, 0.5) is 5.82 Å². The van der Waals surface area contributed by atoms with Gasteiger partial charge in [0.1, 0.15) is 23.9 Å². The number of benzene rings is 2. The second-order valence-electron chi connectivity index (χ2n) is 10.4. The highest BCUT2D eigenvalue weighted by molar-refractivity contribution is 7.59. The summed E-state index contributed by atoms with van der Waals surface area (Å²) in [6, 6.07) is 17.4. The maximum absolute atomic E-state index is 14.2. The molecule has 0 bridgehead atoms. The lowest BCUT2D eigenvalue weighted by molar-refractivity contribution is 0.0572. The van der Waals surface area contributed by atoms with Crippen molar-refractivity contribution in [3.8, 4) is 5.75 Å². The normalized spacial score (nSPS) is 14.3. The molecule has 0 spiro atoms. The number of anilines is 1. The fourth-order valence-electron chi connectivity index (χ4n) is 4.29. The van der Waals surface area contributed by atoms with Crippen LogP contribution in [0.1, 0.15) is 31.9 Å². The van der Waals surface area contributed by atoms with Crippen molar-refractivity contribution in [1.82, 2.24) is 19.5 Å². The van der Waals surface area contributed by atoms with Gasteiger partial charge in [-0.25, -0.2) is 15.0 Å². The van der Waals surface area contributed by atoms with Crippen molar-refractivity contribution in [1.29, 1.82) is 0 Å². The SMILES string of the molecule is Cc1ccccc1COCC(C)(C)CP(=O)(CO[C@H](C)Cn1cnc2c(N)ncnc21)Oc1ccccc1. The molecule has 38 heavy (non-hydrogen) atoms. The number of fused-ring (bicyclic) bond motifs is 1. The summed E-state index contributed by atoms with van der Waals surface area (Å²) in [4.78, 5) is 12.6. The van der Waals surface area contributed by atoms with E-state index in [4.69, 9.17) is 19.7 Å². The molecule has 0 radical (unpaired) electrons. The number of ether oxygens (including phenoxy) is 2. The van der Waals surface area contributed by atoms with Crippen LogP contribution in [0.2, 0.25) is 0 Å². The van der Waals surface area contributed by atoms with Gasteiger partial charge in [-0.05, 0) is 42.5 Å². The Kier molecular flexibility index (Phi) is 8.82. The topological polar surface area (TPSA) is 114 Å². The minimum atomic E-state index is -3.26. The van der Waals surface area contributed by atoms with Gasteiger partial charge in [-0.3, -0.25) is 4.57 Å². The fourth-order valence-corrected chi connectivity index (χ4v) is 6.88. The number of aromatic nitrogens is 4. The van der Waals surface area contributed by atoms with E-state index in [9.17, 15) is 4.57 Å². The second-order valence-corrected chi connectivity index (χ2v) is 12.8. The van der Waals surface area contributed by atoms with E-state index in [0.29, 0.717) is 48.7 Å². The molecule has 0 aliphatic carbocycles. The number of nitrogen functional groups attached to an aromatic ring is 1. The van der Waals surface area contributed by atoms with E-state index in [2.05, 4.69) is 34.0 Å². The Morgan fingerprint density at radius 2 is 1.79 bits per heavy atom. The summed E-state index contributed by atoms with van der Waals surface area (Å²) in [7, 11) is -3.26. The van der Waals surface area contributed by atoms with Crippen molar-refractivity contribution < 1.29 is 18.6 Å². The average molecular weight is 538 g/mol. The summed E-state index contributed by atoms with van der Waals surface area (Å²) >= 11 is 0. The highest BCUT2D eigenvalue weighted by atomic mass is 31.2. The Bertz CT molecular complexity index is 1390. The molecule has 2 N–H and O–H groups in total. The molecule has 9 nitrogen and oxygen atoms in total. The first-order chi connectivity index (χ1) is 18.1. The van der Waals surface area contributed by atoms with Gasteiger partial charge in [-0.15, -0.1) is 0 Å². The predicted molar refractivity (Wildman–Crippen MR) is 149 cm³/mol. The number of hydrogen-bond acceptors (Lipinski definition) is 8. The minimum Gasteiger partial charge on any atom is -0.441 e. The van der Waals surface area contributed by atoms with E-state index in [1.54, 1.807) is 18.5 Å². The zero-order valence-corrected chi connectivity index (χ0v) is 23.3. The Hall–Kier alpha value is -3.26. The van der Waals surface area contributed by atoms with Gasteiger partial charge in [0.05, 0.1) is 32.2 Å². The van der Waals surface area contributed by atoms with Crippen molar-refractivity contribution in [2.75, 3.05) is 24.9 Å². The molecule has 2 aromatic carbocycles. The van der Waals surface area contributed by atoms with Crippen LogP contribution in [0, 0.1) is 12.3 Å². The lowest BCUT2D eigenvalue weighted by atomic mass is 9.98. The van der Waals surface area contributed by atoms with E-state index in [0.717, 1.165) is 5.56 Å². The molecule has 2 heterocycles. The molecule has 0 amide bonds. The second kappa shape index (κ2) is 12.1. The van der Waals surface area contributed by atoms with Crippen LogP contribution in [0.5, 0.6) is 5.75 Å². The number of aryl methyl sites for hydroxylation is 1. The molecule has 10 heteroatoms. The van der Waals surface area contributed by atoms with E-state index in [1.165, 1.54) is 11.9 Å². The Morgan fingerprint density at radius 3 is 2.55 bits per heavy atom. The van der Waals surface area contributed by atoms with Crippen molar-refractivity contribution in [2.24, 2.45) is 5.41 Å². The lowest BCUT2D eigenvalue weighted by Gasteiger charge is -2.30. The Balaban J connectivity index is 1.41. The number of hydrogen-bond donors (Lipinski definition) is 1. The highest BCUT2D eigenvalue weighted by Crippen LogP contribution is 2.51. The smallest absolute Gasteiger partial charge is 0.273 e. The average Bonchev–Trinajstić information content (AvgIpc) is 3.28. The molecular weight excluding hydrogens is 501 g/mol. The molecule has 2 atom stereocenters. The summed E-state index contributed by atoms with van der Waals surface area (Å²) in [6.07, 6.45) is 3.05. The highest BCUT2D eigenvalue weighted by Gasteiger charge is 2.35. The van der Waals surface area contributed by atoms with Crippen molar-refractivity contribution in [3.05, 3.63) is 78.4 Å². The third kappa shape index (κ3) is 7.40. The predicted octanol–water partition coefficient (Wildman–Crippen LogP) is 5.68. The number of para-hydroxylation sites is 1. The van der Waals surface area contributed by atoms with E-state index < -0.39 is 12.8 Å². The summed E-state index contributed by atoms with van der Waals surface area (Å²) in [5.74, 6) is 0.881.